The number of hydrogen-bond acceptors (Lipinski definition) is 5. The van der Waals surface area contributed by atoms with E-state index in [9.17, 15) is 26.7 Å². The number of ether oxygens (including phenoxy) is 1. The molecule has 36 heavy (non-hydrogen) atoms. The molecule has 1 saturated heterocycles. The summed E-state index contributed by atoms with van der Waals surface area (Å²) in [6.45, 7) is 0.428. The first-order valence-electron chi connectivity index (χ1n) is 11.1. The Labute approximate surface area is 206 Å². The maximum Gasteiger partial charge on any atom is 0.417 e. The highest BCUT2D eigenvalue weighted by atomic mass is 35.5. The number of halogens is 6. The van der Waals surface area contributed by atoms with E-state index in [1.165, 1.54) is 12.1 Å². The zero-order chi connectivity index (χ0) is 25.4. The molecule has 0 radical (unpaired) electrons. The van der Waals surface area contributed by atoms with Crippen LogP contribution in [0.15, 0.2) is 42.9 Å². The highest BCUT2D eigenvalue weighted by Gasteiger charge is 2.76. The van der Waals surface area contributed by atoms with Crippen LogP contribution in [-0.4, -0.2) is 44.4 Å². The summed E-state index contributed by atoms with van der Waals surface area (Å²) in [5.74, 6) is -1.91. The molecule has 2 saturated carbocycles. The molecule has 4 atom stereocenters. The highest BCUT2D eigenvalue weighted by Crippen LogP contribution is 2.71. The summed E-state index contributed by atoms with van der Waals surface area (Å²) < 4.78 is 72.8. The maximum absolute atomic E-state index is 14.8. The van der Waals surface area contributed by atoms with Gasteiger partial charge < -0.3 is 9.64 Å². The lowest BCUT2D eigenvalue weighted by atomic mass is 9.73. The second-order valence-electron chi connectivity index (χ2n) is 9.29. The van der Waals surface area contributed by atoms with E-state index >= 15 is 0 Å². The molecule has 0 bridgehead atoms. The van der Waals surface area contributed by atoms with Crippen molar-refractivity contribution in [2.24, 2.45) is 11.3 Å². The standard InChI is InChI=1S/C24H16ClF5N4O2/c25-15-4-11(24(28,29)30)7-33-21(15)36-17-6-23-5-12(23)10-34(19(17)23)22(35)14-2-1-3-16(27)18(14)20-31-8-13(26)9-32-20/h1-4,7-9,12,17,19H,5-6,10H2. The van der Waals surface area contributed by atoms with Gasteiger partial charge in [0.2, 0.25) is 5.88 Å². The number of aromatic nitrogens is 3. The third-order valence-corrected chi connectivity index (χ3v) is 7.57. The molecule has 12 heteroatoms. The third kappa shape index (κ3) is 3.51. The largest absolute Gasteiger partial charge is 0.471 e. The van der Waals surface area contributed by atoms with Crippen molar-refractivity contribution in [3.63, 3.8) is 0 Å². The minimum absolute atomic E-state index is 0.0226. The van der Waals surface area contributed by atoms with Gasteiger partial charge in [0.15, 0.2) is 11.6 Å². The van der Waals surface area contributed by atoms with Gasteiger partial charge >= 0.3 is 6.18 Å². The molecular formula is C24H16ClF5N4O2. The number of rotatable bonds is 4. The van der Waals surface area contributed by atoms with E-state index in [4.69, 9.17) is 16.3 Å². The summed E-state index contributed by atoms with van der Waals surface area (Å²) in [4.78, 5) is 26.6. The van der Waals surface area contributed by atoms with Crippen molar-refractivity contribution in [3.05, 3.63) is 70.6 Å². The first-order chi connectivity index (χ1) is 17.1. The summed E-state index contributed by atoms with van der Waals surface area (Å²) in [6.07, 6.45) is -1.21. The van der Waals surface area contributed by atoms with Crippen LogP contribution in [-0.2, 0) is 6.18 Å². The Balaban J connectivity index is 1.28. The number of carbonyl (C=O) groups excluding carboxylic acids is 1. The van der Waals surface area contributed by atoms with Crippen molar-refractivity contribution in [1.82, 2.24) is 19.9 Å². The Hall–Kier alpha value is -3.34. The Morgan fingerprint density at radius 1 is 1.11 bits per heavy atom. The van der Waals surface area contributed by atoms with Crippen molar-refractivity contribution in [3.8, 4) is 17.3 Å². The first-order valence-corrected chi connectivity index (χ1v) is 11.4. The highest BCUT2D eigenvalue weighted by molar-refractivity contribution is 6.31. The van der Waals surface area contributed by atoms with Gasteiger partial charge in [-0.1, -0.05) is 17.7 Å². The number of piperidine rings is 1. The topological polar surface area (TPSA) is 68.2 Å². The summed E-state index contributed by atoms with van der Waals surface area (Å²) in [7, 11) is 0. The van der Waals surface area contributed by atoms with E-state index in [2.05, 4.69) is 15.0 Å². The maximum atomic E-state index is 14.8. The minimum atomic E-state index is -4.59. The van der Waals surface area contributed by atoms with Crippen molar-refractivity contribution >= 4 is 17.5 Å². The molecule has 1 amide bonds. The number of alkyl halides is 3. The quantitative estimate of drug-likeness (QED) is 0.442. The van der Waals surface area contributed by atoms with Crippen molar-refractivity contribution in [2.45, 2.75) is 31.2 Å². The van der Waals surface area contributed by atoms with Gasteiger partial charge in [-0.25, -0.2) is 23.7 Å². The molecule has 3 aromatic rings. The summed E-state index contributed by atoms with van der Waals surface area (Å²) in [5, 5.41) is -0.283. The number of likely N-dealkylation sites (tertiary alicyclic amines) is 1. The van der Waals surface area contributed by atoms with Gasteiger partial charge in [0.25, 0.3) is 5.91 Å². The molecule has 2 aliphatic carbocycles. The average Bonchev–Trinajstić information content (AvgIpc) is 3.48. The van der Waals surface area contributed by atoms with Crippen LogP contribution in [0.25, 0.3) is 11.4 Å². The fraction of sp³-hybridized carbons (Fsp3) is 0.333. The van der Waals surface area contributed by atoms with Crippen molar-refractivity contribution in [1.29, 1.82) is 0 Å². The molecule has 4 unspecified atom stereocenters. The van der Waals surface area contributed by atoms with Crippen LogP contribution in [0, 0.1) is 23.0 Å². The molecule has 1 aliphatic heterocycles. The number of hydrogen-bond donors (Lipinski definition) is 0. The Morgan fingerprint density at radius 2 is 1.86 bits per heavy atom. The predicted molar refractivity (Wildman–Crippen MR) is 116 cm³/mol. The second kappa shape index (κ2) is 7.83. The number of pyridine rings is 1. The number of carbonyl (C=O) groups is 1. The molecule has 0 N–H and O–H groups in total. The molecule has 6 rings (SSSR count). The summed E-state index contributed by atoms with van der Waals surface area (Å²) in [5.41, 5.74) is -1.25. The lowest BCUT2D eigenvalue weighted by Crippen LogP contribution is -2.59. The molecule has 1 aromatic carbocycles. The van der Waals surface area contributed by atoms with Gasteiger partial charge in [-0.05, 0) is 37.0 Å². The fourth-order valence-electron chi connectivity index (χ4n) is 5.59. The summed E-state index contributed by atoms with van der Waals surface area (Å²) in [6, 6.07) is 4.38. The first kappa shape index (κ1) is 23.1. The monoisotopic (exact) mass is 522 g/mol. The second-order valence-corrected chi connectivity index (χ2v) is 9.70. The van der Waals surface area contributed by atoms with E-state index in [-0.39, 0.29) is 45.2 Å². The van der Waals surface area contributed by atoms with E-state index in [1.807, 2.05) is 0 Å². The Morgan fingerprint density at radius 3 is 2.56 bits per heavy atom. The van der Waals surface area contributed by atoms with Crippen molar-refractivity contribution in [2.75, 3.05) is 6.54 Å². The van der Waals surface area contributed by atoms with E-state index < -0.39 is 35.4 Å². The molecule has 1 spiro atoms. The molecule has 186 valence electrons. The van der Waals surface area contributed by atoms with E-state index in [0.717, 1.165) is 30.9 Å². The molecule has 3 aliphatic rings. The van der Waals surface area contributed by atoms with Gasteiger partial charge in [-0.3, -0.25) is 4.79 Å². The van der Waals surface area contributed by atoms with Gasteiger partial charge in [0, 0.05) is 18.2 Å². The van der Waals surface area contributed by atoms with Crippen LogP contribution in [0.4, 0.5) is 22.0 Å². The van der Waals surface area contributed by atoms with Crippen LogP contribution >= 0.6 is 11.6 Å². The molecule has 3 heterocycles. The zero-order valence-corrected chi connectivity index (χ0v) is 19.0. The predicted octanol–water partition coefficient (Wildman–Crippen LogP) is 5.17. The Kier molecular flexibility index (Phi) is 5.02. The smallest absolute Gasteiger partial charge is 0.417 e. The molecule has 2 aromatic heterocycles. The lowest BCUT2D eigenvalue weighted by molar-refractivity contribution is -0.137. The normalized spacial score (nSPS) is 26.2. The van der Waals surface area contributed by atoms with E-state index in [0.29, 0.717) is 19.2 Å². The minimum Gasteiger partial charge on any atom is -0.471 e. The van der Waals surface area contributed by atoms with Crippen LogP contribution in [0.1, 0.15) is 28.8 Å². The van der Waals surface area contributed by atoms with Gasteiger partial charge in [0.1, 0.15) is 16.9 Å². The lowest BCUT2D eigenvalue weighted by Gasteiger charge is -2.47. The van der Waals surface area contributed by atoms with Gasteiger partial charge in [-0.15, -0.1) is 0 Å². The van der Waals surface area contributed by atoms with Crippen molar-refractivity contribution < 1.29 is 31.5 Å². The molecule has 3 fully saturated rings. The molecular weight excluding hydrogens is 507 g/mol. The number of amides is 1. The van der Waals surface area contributed by atoms with Crippen LogP contribution < -0.4 is 4.74 Å². The SMILES string of the molecule is O=C(c1cccc(F)c1-c1ncc(F)cn1)N1CC2CC23CC(Oc2ncc(C(F)(F)F)cc2Cl)C13. The Bertz CT molecular complexity index is 1390. The average molecular weight is 523 g/mol. The van der Waals surface area contributed by atoms with Crippen LogP contribution in [0.5, 0.6) is 5.88 Å². The zero-order valence-electron chi connectivity index (χ0n) is 18.3. The number of benzene rings is 1. The molecule has 6 nitrogen and oxygen atoms in total. The third-order valence-electron chi connectivity index (χ3n) is 7.30. The fourth-order valence-corrected chi connectivity index (χ4v) is 5.80. The van der Waals surface area contributed by atoms with E-state index in [1.54, 1.807) is 4.90 Å². The number of nitrogens with zero attached hydrogens (tertiary/aromatic N) is 4. The van der Waals surface area contributed by atoms with Gasteiger partial charge in [0.05, 0.1) is 35.1 Å². The van der Waals surface area contributed by atoms with Crippen LogP contribution in [0.2, 0.25) is 5.02 Å². The van der Waals surface area contributed by atoms with Crippen LogP contribution in [0.3, 0.4) is 0 Å². The summed E-state index contributed by atoms with van der Waals surface area (Å²) >= 11 is 6.01. The van der Waals surface area contributed by atoms with Gasteiger partial charge in [-0.2, -0.15) is 13.2 Å².